The van der Waals surface area contributed by atoms with Gasteiger partial charge in [0, 0.05) is 86.5 Å². The summed E-state index contributed by atoms with van der Waals surface area (Å²) in [5, 5.41) is 73.3. The van der Waals surface area contributed by atoms with Crippen LogP contribution in [0.4, 0.5) is 0 Å². The van der Waals surface area contributed by atoms with Crippen molar-refractivity contribution in [2.75, 3.05) is 0 Å². The first-order valence-corrected chi connectivity index (χ1v) is 13.7. The molecule has 0 aromatic heterocycles. The van der Waals surface area contributed by atoms with Gasteiger partial charge in [0.05, 0.1) is 0 Å². The summed E-state index contributed by atoms with van der Waals surface area (Å²) < 4.78 is 0. The first-order chi connectivity index (χ1) is 20.4. The van der Waals surface area contributed by atoms with Gasteiger partial charge >= 0.3 is 21.1 Å². The summed E-state index contributed by atoms with van der Waals surface area (Å²) in [7, 11) is 0. The Balaban J connectivity index is -0.000000262. The van der Waals surface area contributed by atoms with Crippen LogP contribution in [0.2, 0.25) is 0 Å². The second-order valence-electron chi connectivity index (χ2n) is 10.4. The van der Waals surface area contributed by atoms with Crippen LogP contribution in [0.15, 0.2) is 72.8 Å². The molecule has 4 aromatic carbocycles. The normalized spacial score (nSPS) is 8.83. The quantitative estimate of drug-likeness (QED) is 0.151. The van der Waals surface area contributed by atoms with Crippen molar-refractivity contribution in [1.82, 2.24) is 0 Å². The largest absolute Gasteiger partial charge is 2.00 e. The Morgan fingerprint density at radius 2 is 0.542 bits per heavy atom. The van der Waals surface area contributed by atoms with Crippen molar-refractivity contribution >= 4 is 22.8 Å². The third-order valence-electron chi connectivity index (χ3n) is 6.17. The molecular formula is C36H40N4O4Pt2Y2-2. The number of benzene rings is 4. The predicted molar refractivity (Wildman–Crippen MR) is 184 cm³/mol. The van der Waals surface area contributed by atoms with E-state index in [2.05, 4.69) is 0 Å². The van der Waals surface area contributed by atoms with E-state index < -0.39 is 0 Å². The van der Waals surface area contributed by atoms with E-state index in [1.807, 2.05) is 52.0 Å². The fourth-order valence-electron chi connectivity index (χ4n) is 3.79. The van der Waals surface area contributed by atoms with Crippen LogP contribution in [0.25, 0.3) is 21.6 Å². The first kappa shape index (κ1) is 53.1. The number of hydrogen-bond acceptors (Lipinski definition) is 4. The van der Waals surface area contributed by atoms with Gasteiger partial charge in [0.15, 0.2) is 0 Å². The molecule has 12 heteroatoms. The Morgan fingerprint density at radius 3 is 0.646 bits per heavy atom. The summed E-state index contributed by atoms with van der Waals surface area (Å²) in [5.74, 6) is 0.519. The molecule has 0 spiro atoms. The standard InChI is InChI=1S/4C9H10NO.2Pt.2Y/c4*1-6-3-4-8(7(2)10)9(11)5-6;;;;/h4*3-5,11H,1-2H3;;;;/q4*-1;;+2;;. The Hall–Kier alpha value is -1.66. The molecule has 2 radical (unpaired) electrons. The smallest absolute Gasteiger partial charge is 0.807 e. The molecule has 4 rings (SSSR count). The summed E-state index contributed by atoms with van der Waals surface area (Å²) in [6.45, 7) is 13.7. The van der Waals surface area contributed by atoms with Gasteiger partial charge in [-0.3, -0.25) is 0 Å². The average molecular weight is 1160 g/mol. The molecule has 0 aliphatic heterocycles. The molecule has 0 aliphatic carbocycles. The number of phenolic OH excluding ortho intramolecular Hbond substituents is 4. The van der Waals surface area contributed by atoms with Crippen molar-refractivity contribution < 1.29 is 128 Å². The number of nitrogens with zero attached hydrogens (tertiary/aromatic N) is 4. The van der Waals surface area contributed by atoms with Crippen LogP contribution in [0.1, 0.15) is 72.2 Å². The second-order valence-corrected chi connectivity index (χ2v) is 10.4. The topological polar surface area (TPSA) is 170 Å². The van der Waals surface area contributed by atoms with E-state index >= 15 is 0 Å². The molecule has 0 amide bonds. The van der Waals surface area contributed by atoms with Gasteiger partial charge in [-0.25, -0.2) is 0 Å². The van der Waals surface area contributed by atoms with Crippen LogP contribution < -0.4 is 0 Å². The monoisotopic (exact) mass is 1160 g/mol. The number of rotatable bonds is 4. The molecule has 0 atom stereocenters. The minimum Gasteiger partial charge on any atom is -0.807 e. The maximum Gasteiger partial charge on any atom is 2.00 e. The van der Waals surface area contributed by atoms with Crippen LogP contribution in [0, 0.1) is 27.7 Å². The van der Waals surface area contributed by atoms with Crippen LogP contribution in [-0.4, -0.2) is 43.3 Å². The van der Waals surface area contributed by atoms with Gasteiger partial charge in [0.25, 0.3) is 0 Å². The molecular weight excluding hydrogens is 1120 g/mol. The van der Waals surface area contributed by atoms with Gasteiger partial charge in [-0.05, 0) is 96.5 Å². The summed E-state index contributed by atoms with van der Waals surface area (Å²) in [6.07, 6.45) is 0. The van der Waals surface area contributed by atoms with Crippen LogP contribution in [0.3, 0.4) is 0 Å². The van der Waals surface area contributed by atoms with Gasteiger partial charge in [-0.1, -0.05) is 76.2 Å². The number of hydrogen-bond donors (Lipinski definition) is 4. The van der Waals surface area contributed by atoms with Gasteiger partial charge in [-0.15, -0.1) is 0 Å². The number of phenols is 4. The zero-order valence-electron chi connectivity index (χ0n) is 28.3. The van der Waals surface area contributed by atoms with E-state index in [1.165, 1.54) is 0 Å². The maximum absolute atomic E-state index is 9.28. The fraction of sp³-hybridized carbons (Fsp3) is 0.222. The van der Waals surface area contributed by atoms with Crippen molar-refractivity contribution in [3.63, 3.8) is 0 Å². The van der Waals surface area contributed by atoms with E-state index in [9.17, 15) is 20.4 Å². The van der Waals surface area contributed by atoms with Crippen LogP contribution in [0.5, 0.6) is 23.0 Å². The van der Waals surface area contributed by atoms with Crippen molar-refractivity contribution in [1.29, 1.82) is 0 Å². The fourth-order valence-corrected chi connectivity index (χ4v) is 3.79. The van der Waals surface area contributed by atoms with Gasteiger partial charge in [0.1, 0.15) is 23.0 Å². The van der Waals surface area contributed by atoms with Crippen molar-refractivity contribution in [3.8, 4) is 23.0 Å². The number of aromatic hydroxyl groups is 4. The van der Waals surface area contributed by atoms with E-state index in [0.29, 0.717) is 22.3 Å². The Bertz CT molecular complexity index is 1440. The van der Waals surface area contributed by atoms with Gasteiger partial charge in [-0.2, -0.15) is 22.8 Å². The molecule has 4 aromatic rings. The van der Waals surface area contributed by atoms with E-state index in [1.54, 1.807) is 76.2 Å². The SMILES string of the molecule is CC(=[N-])c1ccc(C)cc1O.CC(=[N-])c1ccc(C)cc1O.CC(=[N-])c1ccc(C)cc1O.CC(=[N-])c1ccc(C)cc1O.[Pt+2].[Pt].[Y].[Y]. The molecule has 4 N–H and O–H groups in total. The molecule has 256 valence electrons. The summed E-state index contributed by atoms with van der Waals surface area (Å²) in [4.78, 5) is 0. The van der Waals surface area contributed by atoms with E-state index in [-0.39, 0.29) is 153 Å². The molecule has 0 saturated carbocycles. The van der Waals surface area contributed by atoms with Crippen molar-refractivity contribution in [2.45, 2.75) is 55.4 Å². The predicted octanol–water partition coefficient (Wildman–Crippen LogP) is 8.31. The molecule has 0 aliphatic rings. The third kappa shape index (κ3) is 18.9. The maximum atomic E-state index is 9.28. The van der Waals surface area contributed by atoms with Crippen molar-refractivity contribution in [3.05, 3.63) is 139 Å². The van der Waals surface area contributed by atoms with Crippen molar-refractivity contribution in [2.24, 2.45) is 0 Å². The Morgan fingerprint density at radius 1 is 0.396 bits per heavy atom. The Labute approximate surface area is 363 Å². The second kappa shape index (κ2) is 26.2. The molecule has 0 unspecified atom stereocenters. The minimum absolute atomic E-state index is 0. The van der Waals surface area contributed by atoms with Gasteiger partial charge in [0.2, 0.25) is 0 Å². The minimum atomic E-state index is 0. The number of aryl methyl sites for hydroxylation is 4. The van der Waals surface area contributed by atoms with E-state index in [0.717, 1.165) is 22.3 Å². The molecule has 0 bridgehead atoms. The zero-order valence-corrected chi connectivity index (χ0v) is 38.5. The van der Waals surface area contributed by atoms with E-state index in [4.69, 9.17) is 21.6 Å². The van der Waals surface area contributed by atoms with Gasteiger partial charge < -0.3 is 42.1 Å². The molecule has 0 fully saturated rings. The molecule has 0 saturated heterocycles. The Kier molecular flexibility index (Phi) is 29.0. The summed E-state index contributed by atoms with van der Waals surface area (Å²) in [6, 6.07) is 20.6. The molecule has 0 heterocycles. The molecule has 48 heavy (non-hydrogen) atoms. The van der Waals surface area contributed by atoms with Crippen LogP contribution >= 0.6 is 0 Å². The van der Waals surface area contributed by atoms with Crippen LogP contribution in [-0.2, 0) is 108 Å². The molecule has 8 nitrogen and oxygen atoms in total. The summed E-state index contributed by atoms with van der Waals surface area (Å²) in [5.41, 5.74) is 6.47. The summed E-state index contributed by atoms with van der Waals surface area (Å²) >= 11 is 0. The first-order valence-electron chi connectivity index (χ1n) is 13.7. The average Bonchev–Trinajstić information content (AvgIpc) is 2.89. The zero-order chi connectivity index (χ0) is 33.7. The third-order valence-corrected chi connectivity index (χ3v) is 6.17.